The van der Waals surface area contributed by atoms with Crippen LogP contribution < -0.4 is 11.1 Å². The van der Waals surface area contributed by atoms with Crippen molar-refractivity contribution in [2.24, 2.45) is 5.92 Å². The monoisotopic (exact) mass is 303 g/mol. The highest BCUT2D eigenvalue weighted by Gasteiger charge is 2.45. The predicted octanol–water partition coefficient (Wildman–Crippen LogP) is 2.75. The molecule has 1 aromatic rings. The molecule has 3 atom stereocenters. The van der Waals surface area contributed by atoms with Gasteiger partial charge in [0.1, 0.15) is 0 Å². The van der Waals surface area contributed by atoms with E-state index in [1.807, 2.05) is 0 Å². The minimum absolute atomic E-state index is 0.0878. The number of hydrogen-bond donors (Lipinski definition) is 3. The van der Waals surface area contributed by atoms with Gasteiger partial charge in [-0.1, -0.05) is 0 Å². The second-order valence-corrected chi connectivity index (χ2v) is 5.29. The molecule has 1 aliphatic carbocycles. The number of pyridine rings is 1. The fraction of sp³-hybridized carbons (Fsp3) is 0.538. The summed E-state index contributed by atoms with van der Waals surface area (Å²) >= 11 is 0. The number of anilines is 1. The molecule has 1 aliphatic rings. The Morgan fingerprint density at radius 3 is 2.67 bits per heavy atom. The average Bonchev–Trinajstić information content (AvgIpc) is 2.37. The van der Waals surface area contributed by atoms with Gasteiger partial charge in [0.05, 0.1) is 17.8 Å². The van der Waals surface area contributed by atoms with Crippen LogP contribution in [0.4, 0.5) is 23.7 Å². The van der Waals surface area contributed by atoms with Crippen LogP contribution in [0.1, 0.15) is 30.7 Å². The van der Waals surface area contributed by atoms with Gasteiger partial charge in [0, 0.05) is 12.2 Å². The van der Waals surface area contributed by atoms with Crippen LogP contribution in [-0.2, 0) is 0 Å². The molecule has 1 saturated carbocycles. The first-order valence-corrected chi connectivity index (χ1v) is 6.53. The first kappa shape index (κ1) is 15.4. The number of aromatic nitrogens is 1. The summed E-state index contributed by atoms with van der Waals surface area (Å²) in [6.07, 6.45) is -2.82. The molecule has 2 rings (SSSR count). The van der Waals surface area contributed by atoms with Crippen molar-refractivity contribution in [1.82, 2.24) is 10.3 Å². The Hall–Kier alpha value is -1.99. The number of carbonyl (C=O) groups is 1. The third-order valence-corrected chi connectivity index (χ3v) is 3.82. The quantitative estimate of drug-likeness (QED) is 0.784. The maximum Gasteiger partial charge on any atom is 0.404 e. The summed E-state index contributed by atoms with van der Waals surface area (Å²) in [4.78, 5) is 14.5. The Balaban J connectivity index is 2.24. The normalized spacial score (nSPS) is 26.3. The molecule has 4 N–H and O–H groups in total. The molecule has 1 amide bonds. The van der Waals surface area contributed by atoms with E-state index in [0.717, 1.165) is 0 Å². The van der Waals surface area contributed by atoms with Gasteiger partial charge in [0.25, 0.3) is 0 Å². The van der Waals surface area contributed by atoms with Crippen molar-refractivity contribution in [1.29, 1.82) is 0 Å². The zero-order chi connectivity index (χ0) is 15.6. The van der Waals surface area contributed by atoms with Crippen LogP contribution in [0.5, 0.6) is 0 Å². The Morgan fingerprint density at radius 2 is 2.10 bits per heavy atom. The van der Waals surface area contributed by atoms with Crippen molar-refractivity contribution >= 4 is 11.8 Å². The highest BCUT2D eigenvalue weighted by Crippen LogP contribution is 2.44. The second kappa shape index (κ2) is 5.79. The number of hydrogen-bond acceptors (Lipinski definition) is 3. The summed E-state index contributed by atoms with van der Waals surface area (Å²) in [5, 5.41) is 10.9. The lowest BCUT2D eigenvalue weighted by Gasteiger charge is -2.36. The van der Waals surface area contributed by atoms with E-state index >= 15 is 0 Å². The van der Waals surface area contributed by atoms with Crippen molar-refractivity contribution in [2.45, 2.75) is 37.4 Å². The molecular formula is C13H16F3N3O2. The number of alkyl halides is 3. The average molecular weight is 303 g/mol. The van der Waals surface area contributed by atoms with Crippen LogP contribution in [0.3, 0.4) is 0 Å². The van der Waals surface area contributed by atoms with Gasteiger partial charge in [-0.2, -0.15) is 13.2 Å². The maximum atomic E-state index is 13.0. The van der Waals surface area contributed by atoms with Gasteiger partial charge in [0.2, 0.25) is 0 Å². The Morgan fingerprint density at radius 1 is 1.38 bits per heavy atom. The number of rotatable bonds is 2. The summed E-state index contributed by atoms with van der Waals surface area (Å²) in [7, 11) is 0. The van der Waals surface area contributed by atoms with E-state index in [1.165, 1.54) is 12.4 Å². The molecule has 0 unspecified atom stereocenters. The minimum atomic E-state index is -4.35. The van der Waals surface area contributed by atoms with Crippen molar-refractivity contribution < 1.29 is 23.1 Å². The molecule has 0 spiro atoms. The topological polar surface area (TPSA) is 88.2 Å². The largest absolute Gasteiger partial charge is 0.465 e. The second-order valence-electron chi connectivity index (χ2n) is 5.29. The number of nitrogens with one attached hydrogen (secondary N) is 1. The zero-order valence-electron chi connectivity index (χ0n) is 11.1. The van der Waals surface area contributed by atoms with E-state index in [2.05, 4.69) is 10.3 Å². The molecule has 1 heterocycles. The summed E-state index contributed by atoms with van der Waals surface area (Å²) in [5.41, 5.74) is 6.70. The Bertz CT molecular complexity index is 522. The third kappa shape index (κ3) is 3.77. The van der Waals surface area contributed by atoms with E-state index in [-0.39, 0.29) is 12.8 Å². The summed E-state index contributed by atoms with van der Waals surface area (Å²) in [5.74, 6) is -1.98. The van der Waals surface area contributed by atoms with Gasteiger partial charge in [-0.25, -0.2) is 4.79 Å². The van der Waals surface area contributed by atoms with E-state index in [0.29, 0.717) is 17.7 Å². The lowest BCUT2D eigenvalue weighted by molar-refractivity contribution is -0.185. The lowest BCUT2D eigenvalue weighted by Crippen LogP contribution is -2.43. The smallest absolute Gasteiger partial charge is 0.404 e. The fourth-order valence-electron chi connectivity index (χ4n) is 2.92. The standard InChI is InChI=1S/C13H16F3N3O2/c14-13(15,16)8-3-7(4-9(5-8)19-12(20)21)10-1-2-18-6-11(10)17/h1-2,6-9,19H,3-5,17H2,(H,20,21)/t7-,8-,9+/m1/s1. The first-order valence-electron chi connectivity index (χ1n) is 6.53. The van der Waals surface area contributed by atoms with Crippen molar-refractivity contribution in [3.05, 3.63) is 24.0 Å². The molecule has 0 radical (unpaired) electrons. The van der Waals surface area contributed by atoms with E-state index in [1.54, 1.807) is 6.07 Å². The van der Waals surface area contributed by atoms with Gasteiger partial charge >= 0.3 is 12.3 Å². The Kier molecular flexibility index (Phi) is 4.24. The highest BCUT2D eigenvalue weighted by molar-refractivity contribution is 5.64. The van der Waals surface area contributed by atoms with Crippen molar-refractivity contribution in [3.63, 3.8) is 0 Å². The number of nitrogen functional groups attached to an aromatic ring is 1. The Labute approximate surface area is 119 Å². The molecule has 0 aromatic carbocycles. The van der Waals surface area contributed by atoms with Crippen LogP contribution in [0.2, 0.25) is 0 Å². The molecule has 8 heteroatoms. The van der Waals surface area contributed by atoms with Crippen molar-refractivity contribution in [2.75, 3.05) is 5.73 Å². The summed E-state index contributed by atoms with van der Waals surface area (Å²) in [6.45, 7) is 0. The molecule has 116 valence electrons. The summed E-state index contributed by atoms with van der Waals surface area (Å²) in [6, 6.07) is 0.858. The van der Waals surface area contributed by atoms with Crippen molar-refractivity contribution in [3.8, 4) is 0 Å². The first-order chi connectivity index (χ1) is 9.77. The number of amides is 1. The fourth-order valence-corrected chi connectivity index (χ4v) is 2.92. The number of halogens is 3. The number of nitrogens with two attached hydrogens (primary N) is 1. The van der Waals surface area contributed by atoms with E-state index in [9.17, 15) is 18.0 Å². The number of nitrogens with zero attached hydrogens (tertiary/aromatic N) is 1. The lowest BCUT2D eigenvalue weighted by atomic mass is 9.75. The molecule has 5 nitrogen and oxygen atoms in total. The van der Waals surface area contributed by atoms with Crippen LogP contribution in [0.25, 0.3) is 0 Å². The highest BCUT2D eigenvalue weighted by atomic mass is 19.4. The summed E-state index contributed by atoms with van der Waals surface area (Å²) < 4.78 is 39.1. The molecule has 0 bridgehead atoms. The van der Waals surface area contributed by atoms with Gasteiger partial charge in [0.15, 0.2) is 0 Å². The van der Waals surface area contributed by atoms with Crippen LogP contribution in [0, 0.1) is 5.92 Å². The molecule has 1 fully saturated rings. The number of carboxylic acid groups (broad SMARTS) is 1. The van der Waals surface area contributed by atoms with Crippen LogP contribution in [0.15, 0.2) is 18.5 Å². The zero-order valence-corrected chi connectivity index (χ0v) is 11.1. The molecular weight excluding hydrogens is 287 g/mol. The van der Waals surface area contributed by atoms with Gasteiger partial charge in [-0.3, -0.25) is 4.98 Å². The molecule has 1 aromatic heterocycles. The molecule has 0 saturated heterocycles. The SMILES string of the molecule is Nc1cnccc1[C@H]1C[C@H](NC(=O)O)C[C@H](C(F)(F)F)C1. The maximum absolute atomic E-state index is 13.0. The molecule has 0 aliphatic heterocycles. The van der Waals surface area contributed by atoms with Gasteiger partial charge < -0.3 is 16.2 Å². The predicted molar refractivity (Wildman–Crippen MR) is 69.7 cm³/mol. The van der Waals surface area contributed by atoms with E-state index in [4.69, 9.17) is 10.8 Å². The van der Waals surface area contributed by atoms with Gasteiger partial charge in [-0.15, -0.1) is 0 Å². The van der Waals surface area contributed by atoms with Crippen LogP contribution in [-0.4, -0.2) is 28.4 Å². The van der Waals surface area contributed by atoms with E-state index < -0.39 is 30.1 Å². The van der Waals surface area contributed by atoms with Crippen LogP contribution >= 0.6 is 0 Å². The minimum Gasteiger partial charge on any atom is -0.465 e. The third-order valence-electron chi connectivity index (χ3n) is 3.82. The van der Waals surface area contributed by atoms with Gasteiger partial charge in [-0.05, 0) is 36.8 Å². The molecule has 21 heavy (non-hydrogen) atoms.